The molecule has 0 bridgehead atoms. The van der Waals surface area contributed by atoms with Crippen LogP contribution in [0.25, 0.3) is 21.9 Å². The molecule has 3 heterocycles. The summed E-state index contributed by atoms with van der Waals surface area (Å²) < 4.78 is 34.9. The summed E-state index contributed by atoms with van der Waals surface area (Å²) in [5, 5.41) is 1.13. The molecule has 2 fully saturated rings. The molecule has 0 radical (unpaired) electrons. The van der Waals surface area contributed by atoms with Crippen molar-refractivity contribution < 1.29 is 23.4 Å². The van der Waals surface area contributed by atoms with E-state index in [0.29, 0.717) is 69.9 Å². The number of anilines is 1. The van der Waals surface area contributed by atoms with Gasteiger partial charge in [-0.25, -0.2) is 9.37 Å². The highest BCUT2D eigenvalue weighted by molar-refractivity contribution is 6.90. The number of imidazole rings is 1. The number of hydrogen-bond acceptors (Lipinski definition) is 8. The van der Waals surface area contributed by atoms with Crippen molar-refractivity contribution in [1.29, 1.82) is 0 Å². The van der Waals surface area contributed by atoms with Gasteiger partial charge in [-0.05, 0) is 77.5 Å². The van der Waals surface area contributed by atoms with Gasteiger partial charge in [-0.2, -0.15) is 9.97 Å². The lowest BCUT2D eigenvalue weighted by Gasteiger charge is -2.38. The van der Waals surface area contributed by atoms with Crippen molar-refractivity contribution in [3.63, 3.8) is 0 Å². The van der Waals surface area contributed by atoms with E-state index in [1.54, 1.807) is 18.2 Å². The predicted molar refractivity (Wildman–Crippen MR) is 199 cm³/mol. The Bertz CT molecular complexity index is 1940. The standard InChI is InChI=1S/C38H47ClFN5O4Si/c1-23(2)50(24(3)4,25(5)6)19-14-29-31(40)13-12-26-20-28(49-22-47-7)21-30(32(26)29)34(46)37-41-35-33(45(37)27-10-8-11-27)36(43-38(39)42-35)44-15-9-17-48-18-16-44/h12-13,20-21,23-25,27H,8-11,15-18,22H2,1-7H3. The summed E-state index contributed by atoms with van der Waals surface area (Å²) in [5.41, 5.74) is 6.22. The molecular formula is C38H47ClFN5O4Si. The van der Waals surface area contributed by atoms with Gasteiger partial charge in [0.05, 0.1) is 12.2 Å². The fourth-order valence-corrected chi connectivity index (χ4v) is 13.3. The second-order valence-electron chi connectivity index (χ2n) is 14.4. The van der Waals surface area contributed by atoms with Crippen LogP contribution in [0, 0.1) is 17.3 Å². The minimum Gasteiger partial charge on any atom is -0.468 e. The highest BCUT2D eigenvalue weighted by Gasteiger charge is 2.42. The van der Waals surface area contributed by atoms with Gasteiger partial charge in [0.15, 0.2) is 24.1 Å². The maximum atomic E-state index is 16.1. The predicted octanol–water partition coefficient (Wildman–Crippen LogP) is 8.51. The molecule has 2 aromatic carbocycles. The number of nitrogens with zero attached hydrogens (tertiary/aromatic N) is 5. The molecule has 2 aliphatic rings. The van der Waals surface area contributed by atoms with Crippen LogP contribution in [0.3, 0.4) is 0 Å². The van der Waals surface area contributed by atoms with Gasteiger partial charge in [-0.3, -0.25) is 4.79 Å². The smallest absolute Gasteiger partial charge is 0.229 e. The molecule has 9 nitrogen and oxygen atoms in total. The third-order valence-electron chi connectivity index (χ3n) is 10.6. The molecule has 4 aromatic rings. The molecule has 0 amide bonds. The molecule has 1 aliphatic heterocycles. The molecule has 50 heavy (non-hydrogen) atoms. The van der Waals surface area contributed by atoms with Crippen LogP contribution in [0.2, 0.25) is 21.9 Å². The first-order valence-corrected chi connectivity index (χ1v) is 20.3. The van der Waals surface area contributed by atoms with Crippen molar-refractivity contribution in [1.82, 2.24) is 19.5 Å². The number of halogens is 2. The number of benzene rings is 2. The zero-order valence-corrected chi connectivity index (χ0v) is 31.9. The Morgan fingerprint density at radius 3 is 2.44 bits per heavy atom. The zero-order valence-electron chi connectivity index (χ0n) is 30.1. The van der Waals surface area contributed by atoms with Crippen molar-refractivity contribution in [3.05, 3.63) is 52.3 Å². The van der Waals surface area contributed by atoms with Gasteiger partial charge < -0.3 is 23.7 Å². The van der Waals surface area contributed by atoms with Crippen LogP contribution in [0.5, 0.6) is 5.75 Å². The highest BCUT2D eigenvalue weighted by atomic mass is 35.5. The average Bonchev–Trinajstić information content (AvgIpc) is 3.21. The Morgan fingerprint density at radius 2 is 1.78 bits per heavy atom. The number of hydrogen-bond donors (Lipinski definition) is 0. The van der Waals surface area contributed by atoms with Gasteiger partial charge in [0.2, 0.25) is 11.1 Å². The second-order valence-corrected chi connectivity index (χ2v) is 20.3. The van der Waals surface area contributed by atoms with Gasteiger partial charge in [0.25, 0.3) is 0 Å². The lowest BCUT2D eigenvalue weighted by atomic mass is 9.91. The molecule has 266 valence electrons. The number of ether oxygens (including phenoxy) is 3. The first-order valence-electron chi connectivity index (χ1n) is 17.7. The molecule has 1 saturated heterocycles. The number of fused-ring (bicyclic) bond motifs is 2. The summed E-state index contributed by atoms with van der Waals surface area (Å²) in [5.74, 6) is 3.75. The topological polar surface area (TPSA) is 91.6 Å². The van der Waals surface area contributed by atoms with Crippen LogP contribution in [-0.4, -0.2) is 73.6 Å². The Balaban J connectivity index is 1.61. The minimum atomic E-state index is -2.24. The molecule has 1 aliphatic carbocycles. The van der Waals surface area contributed by atoms with Gasteiger partial charge >= 0.3 is 0 Å². The number of rotatable bonds is 10. The number of carbonyl (C=O) groups excluding carboxylic acids is 1. The summed E-state index contributed by atoms with van der Waals surface area (Å²) in [7, 11) is -0.711. The van der Waals surface area contributed by atoms with Gasteiger partial charge in [0.1, 0.15) is 25.2 Å². The van der Waals surface area contributed by atoms with Crippen LogP contribution in [0.1, 0.15) is 95.0 Å². The van der Waals surface area contributed by atoms with Crippen LogP contribution in [-0.2, 0) is 9.47 Å². The van der Waals surface area contributed by atoms with E-state index in [1.807, 2.05) is 4.57 Å². The lowest BCUT2D eigenvalue weighted by molar-refractivity contribution is 0.0511. The number of methoxy groups -OCH3 is 1. The average molecular weight is 720 g/mol. The quantitative estimate of drug-likeness (QED) is 0.0530. The lowest BCUT2D eigenvalue weighted by Crippen LogP contribution is -2.43. The summed E-state index contributed by atoms with van der Waals surface area (Å²) in [4.78, 5) is 31.3. The van der Waals surface area contributed by atoms with E-state index < -0.39 is 13.9 Å². The summed E-state index contributed by atoms with van der Waals surface area (Å²) in [6, 6.07) is 6.57. The summed E-state index contributed by atoms with van der Waals surface area (Å²) in [6.45, 7) is 15.9. The Morgan fingerprint density at radius 1 is 1.04 bits per heavy atom. The molecule has 0 atom stereocenters. The fourth-order valence-electron chi connectivity index (χ4n) is 7.95. The fraction of sp³-hybridized carbons (Fsp3) is 0.526. The van der Waals surface area contributed by atoms with Crippen LogP contribution < -0.4 is 9.64 Å². The number of ketones is 1. The highest BCUT2D eigenvalue weighted by Crippen LogP contribution is 2.42. The van der Waals surface area contributed by atoms with E-state index >= 15 is 9.18 Å². The van der Waals surface area contributed by atoms with E-state index in [-0.39, 0.29) is 40.9 Å². The Labute approximate surface area is 299 Å². The summed E-state index contributed by atoms with van der Waals surface area (Å²) >= 11 is 6.50. The minimum absolute atomic E-state index is 0.0180. The second kappa shape index (κ2) is 15.0. The van der Waals surface area contributed by atoms with Crippen molar-refractivity contribution in [2.45, 2.75) is 89.9 Å². The van der Waals surface area contributed by atoms with Crippen molar-refractivity contribution in [2.75, 3.05) is 45.1 Å². The van der Waals surface area contributed by atoms with E-state index in [4.69, 9.17) is 30.8 Å². The normalized spacial score (nSPS) is 15.9. The monoisotopic (exact) mass is 719 g/mol. The van der Waals surface area contributed by atoms with Crippen LogP contribution >= 0.6 is 11.6 Å². The first kappa shape index (κ1) is 36.2. The van der Waals surface area contributed by atoms with Crippen LogP contribution in [0.4, 0.5) is 10.2 Å². The van der Waals surface area contributed by atoms with Gasteiger partial charge in [-0.1, -0.05) is 53.5 Å². The number of aromatic nitrogens is 4. The molecule has 0 spiro atoms. The van der Waals surface area contributed by atoms with Crippen molar-refractivity contribution in [2.24, 2.45) is 0 Å². The Kier molecular flexibility index (Phi) is 10.8. The third-order valence-corrected chi connectivity index (χ3v) is 17.0. The van der Waals surface area contributed by atoms with Crippen LogP contribution in [0.15, 0.2) is 24.3 Å². The van der Waals surface area contributed by atoms with E-state index in [1.165, 1.54) is 13.2 Å². The van der Waals surface area contributed by atoms with Crippen molar-refractivity contribution >= 4 is 53.2 Å². The maximum Gasteiger partial charge on any atom is 0.229 e. The SMILES string of the molecule is COCOc1cc(C(=O)c2nc3nc(Cl)nc(N4CCCOCC4)c3n2C2CCC2)c2c(C#C[Si](C(C)C)(C(C)C)C(C)C)c(F)ccc2c1. The zero-order chi connectivity index (χ0) is 35.7. The number of carbonyl (C=O) groups is 1. The van der Waals surface area contributed by atoms with E-state index in [2.05, 4.69) is 67.9 Å². The molecule has 0 N–H and O–H groups in total. The van der Waals surface area contributed by atoms with E-state index in [9.17, 15) is 0 Å². The maximum absolute atomic E-state index is 16.1. The molecular weight excluding hydrogens is 673 g/mol. The van der Waals surface area contributed by atoms with Gasteiger partial charge in [0, 0.05) is 43.8 Å². The molecule has 2 aromatic heterocycles. The largest absolute Gasteiger partial charge is 0.468 e. The van der Waals surface area contributed by atoms with Gasteiger partial charge in [-0.15, -0.1) is 5.54 Å². The Hall–Kier alpha value is -3.56. The third kappa shape index (κ3) is 6.63. The molecule has 12 heteroatoms. The molecule has 1 saturated carbocycles. The van der Waals surface area contributed by atoms with E-state index in [0.717, 1.165) is 32.2 Å². The first-order chi connectivity index (χ1) is 24.0. The molecule has 0 unspecified atom stereocenters. The van der Waals surface area contributed by atoms with Crippen molar-refractivity contribution in [3.8, 4) is 17.2 Å². The summed E-state index contributed by atoms with van der Waals surface area (Å²) in [6.07, 6.45) is 3.62. The molecule has 6 rings (SSSR count).